The van der Waals surface area contributed by atoms with Gasteiger partial charge in [-0.15, -0.1) is 0 Å². The molecular weight excluding hydrogens is 254 g/mol. The smallest absolute Gasteiger partial charge is 0.236 e. The Hall–Kier alpha value is -0.900. The highest BCUT2D eigenvalue weighted by molar-refractivity contribution is 6.06. The van der Waals surface area contributed by atoms with Crippen LogP contribution in [0.25, 0.3) is 0 Å². The lowest BCUT2D eigenvalue weighted by atomic mass is 9.72. The lowest BCUT2D eigenvalue weighted by molar-refractivity contribution is -0.153. The lowest BCUT2D eigenvalue weighted by Crippen LogP contribution is -2.56. The zero-order chi connectivity index (χ0) is 14.2. The van der Waals surface area contributed by atoms with E-state index in [1.807, 2.05) is 0 Å². The zero-order valence-corrected chi connectivity index (χ0v) is 12.2. The number of imide groups is 1. The Morgan fingerprint density at radius 1 is 0.900 bits per heavy atom. The Kier molecular flexibility index (Phi) is 3.61. The molecule has 20 heavy (non-hydrogen) atoms. The van der Waals surface area contributed by atoms with Crippen LogP contribution in [0.5, 0.6) is 0 Å². The largest absolute Gasteiger partial charge is 0.394 e. The summed E-state index contributed by atoms with van der Waals surface area (Å²) < 4.78 is 0. The molecule has 0 aromatic carbocycles. The maximum atomic E-state index is 13.0. The summed E-state index contributed by atoms with van der Waals surface area (Å²) >= 11 is 0. The van der Waals surface area contributed by atoms with E-state index in [0.717, 1.165) is 57.8 Å². The van der Waals surface area contributed by atoms with Crippen molar-refractivity contribution in [1.29, 1.82) is 0 Å². The Labute approximate surface area is 120 Å². The molecule has 1 spiro atoms. The molecule has 3 fully saturated rings. The average Bonchev–Trinajstić information content (AvgIpc) is 2.72. The summed E-state index contributed by atoms with van der Waals surface area (Å²) in [5, 5.41) is 9.88. The van der Waals surface area contributed by atoms with Crippen molar-refractivity contribution in [2.24, 2.45) is 5.41 Å². The molecule has 4 heteroatoms. The van der Waals surface area contributed by atoms with Crippen LogP contribution in [0.4, 0.5) is 0 Å². The first-order valence-electron chi connectivity index (χ1n) is 8.12. The Morgan fingerprint density at radius 3 is 2.00 bits per heavy atom. The maximum Gasteiger partial charge on any atom is 0.236 e. The van der Waals surface area contributed by atoms with Crippen molar-refractivity contribution < 1.29 is 14.7 Å². The van der Waals surface area contributed by atoms with Crippen LogP contribution in [-0.4, -0.2) is 34.0 Å². The molecule has 0 aromatic rings. The third-order valence-corrected chi connectivity index (χ3v) is 5.76. The normalized spacial score (nSPS) is 29.1. The number of likely N-dealkylation sites (tertiary alicyclic amines) is 1. The fourth-order valence-corrected chi connectivity index (χ4v) is 4.56. The second-order valence-corrected chi connectivity index (χ2v) is 7.00. The zero-order valence-electron chi connectivity index (χ0n) is 12.2. The van der Waals surface area contributed by atoms with Crippen LogP contribution in [0.2, 0.25) is 0 Å². The van der Waals surface area contributed by atoms with Crippen molar-refractivity contribution in [3.05, 3.63) is 0 Å². The number of carbonyl (C=O) groups excluding carboxylic acids is 2. The molecule has 1 heterocycles. The summed E-state index contributed by atoms with van der Waals surface area (Å²) in [6, 6.07) is 0. The maximum absolute atomic E-state index is 13.0. The molecule has 0 atom stereocenters. The number of rotatable bonds is 2. The highest BCUT2D eigenvalue weighted by Crippen LogP contribution is 2.49. The Bertz CT molecular complexity index is 406. The van der Waals surface area contributed by atoms with E-state index in [4.69, 9.17) is 0 Å². The van der Waals surface area contributed by atoms with E-state index in [9.17, 15) is 14.7 Å². The first kappa shape index (κ1) is 14.1. The predicted octanol–water partition coefficient (Wildman–Crippen LogP) is 2.39. The van der Waals surface area contributed by atoms with Crippen LogP contribution in [0, 0.1) is 5.41 Å². The Morgan fingerprint density at radius 2 is 1.45 bits per heavy atom. The molecule has 2 aliphatic carbocycles. The van der Waals surface area contributed by atoms with Gasteiger partial charge in [0, 0.05) is 6.42 Å². The molecule has 0 radical (unpaired) electrons. The standard InChI is InChI=1S/C16H25NO3/c18-12-16(9-5-2-6-10-16)17-13(19)11-15(14(17)20)7-3-1-4-8-15/h18H,1-12H2. The van der Waals surface area contributed by atoms with E-state index >= 15 is 0 Å². The molecule has 1 N–H and O–H groups in total. The van der Waals surface area contributed by atoms with E-state index in [1.54, 1.807) is 0 Å². The molecule has 2 saturated carbocycles. The molecule has 0 aromatic heterocycles. The molecule has 1 saturated heterocycles. The van der Waals surface area contributed by atoms with Gasteiger partial charge in [0.1, 0.15) is 0 Å². The minimum absolute atomic E-state index is 0.0261. The number of amides is 2. The van der Waals surface area contributed by atoms with Crippen molar-refractivity contribution in [2.75, 3.05) is 6.61 Å². The number of carbonyl (C=O) groups is 2. The summed E-state index contributed by atoms with van der Waals surface area (Å²) in [4.78, 5) is 27.0. The van der Waals surface area contributed by atoms with Crippen LogP contribution < -0.4 is 0 Å². The molecule has 3 aliphatic rings. The second-order valence-electron chi connectivity index (χ2n) is 7.00. The van der Waals surface area contributed by atoms with Crippen LogP contribution >= 0.6 is 0 Å². The van der Waals surface area contributed by atoms with Gasteiger partial charge in [0.2, 0.25) is 11.8 Å². The third kappa shape index (κ3) is 2.00. The number of aliphatic hydroxyl groups is 1. The molecule has 4 nitrogen and oxygen atoms in total. The van der Waals surface area contributed by atoms with Gasteiger partial charge in [0.05, 0.1) is 17.6 Å². The fourth-order valence-electron chi connectivity index (χ4n) is 4.56. The summed E-state index contributed by atoms with van der Waals surface area (Å²) in [5.41, 5.74) is -1.01. The van der Waals surface area contributed by atoms with Gasteiger partial charge in [-0.3, -0.25) is 14.5 Å². The van der Waals surface area contributed by atoms with E-state index in [1.165, 1.54) is 11.3 Å². The first-order chi connectivity index (χ1) is 9.64. The number of hydrogen-bond acceptors (Lipinski definition) is 3. The van der Waals surface area contributed by atoms with E-state index in [0.29, 0.717) is 6.42 Å². The summed E-state index contributed by atoms with van der Waals surface area (Å²) in [6.07, 6.45) is 10.1. The Balaban J connectivity index is 1.89. The molecule has 0 unspecified atom stereocenters. The predicted molar refractivity (Wildman–Crippen MR) is 74.9 cm³/mol. The summed E-state index contributed by atoms with van der Waals surface area (Å²) in [7, 11) is 0. The van der Waals surface area contributed by atoms with Crippen molar-refractivity contribution in [3.63, 3.8) is 0 Å². The molecule has 112 valence electrons. The monoisotopic (exact) mass is 279 g/mol. The van der Waals surface area contributed by atoms with Gasteiger partial charge < -0.3 is 5.11 Å². The molecule has 3 rings (SSSR count). The van der Waals surface area contributed by atoms with Gasteiger partial charge in [-0.2, -0.15) is 0 Å². The summed E-state index contributed by atoms with van der Waals surface area (Å²) in [6.45, 7) is -0.0689. The minimum Gasteiger partial charge on any atom is -0.394 e. The van der Waals surface area contributed by atoms with Crippen molar-refractivity contribution in [2.45, 2.75) is 76.2 Å². The minimum atomic E-state index is -0.590. The number of hydrogen-bond donors (Lipinski definition) is 1. The van der Waals surface area contributed by atoms with Crippen LogP contribution in [-0.2, 0) is 9.59 Å². The van der Waals surface area contributed by atoms with Gasteiger partial charge in [-0.05, 0) is 25.7 Å². The van der Waals surface area contributed by atoms with Gasteiger partial charge in [0.15, 0.2) is 0 Å². The lowest BCUT2D eigenvalue weighted by Gasteiger charge is -2.43. The van der Waals surface area contributed by atoms with Crippen LogP contribution in [0.15, 0.2) is 0 Å². The topological polar surface area (TPSA) is 57.6 Å². The van der Waals surface area contributed by atoms with Crippen LogP contribution in [0.3, 0.4) is 0 Å². The van der Waals surface area contributed by atoms with Crippen molar-refractivity contribution in [1.82, 2.24) is 4.90 Å². The quantitative estimate of drug-likeness (QED) is 0.790. The van der Waals surface area contributed by atoms with E-state index in [-0.39, 0.29) is 18.4 Å². The summed E-state index contributed by atoms with van der Waals surface area (Å²) in [5.74, 6) is -0.00833. The number of nitrogens with zero attached hydrogens (tertiary/aromatic N) is 1. The highest BCUT2D eigenvalue weighted by atomic mass is 16.3. The molecule has 0 bridgehead atoms. The molecular formula is C16H25NO3. The third-order valence-electron chi connectivity index (χ3n) is 5.76. The molecule has 1 aliphatic heterocycles. The van der Waals surface area contributed by atoms with Crippen molar-refractivity contribution in [3.8, 4) is 0 Å². The second kappa shape index (κ2) is 5.14. The van der Waals surface area contributed by atoms with Gasteiger partial charge in [-0.1, -0.05) is 38.5 Å². The fraction of sp³-hybridized carbons (Fsp3) is 0.875. The van der Waals surface area contributed by atoms with E-state index < -0.39 is 11.0 Å². The van der Waals surface area contributed by atoms with Gasteiger partial charge in [-0.25, -0.2) is 0 Å². The average molecular weight is 279 g/mol. The number of aliphatic hydroxyl groups excluding tert-OH is 1. The van der Waals surface area contributed by atoms with Gasteiger partial charge in [0.25, 0.3) is 0 Å². The SMILES string of the molecule is O=C1CC2(CCCCC2)C(=O)N1C1(CO)CCCCC1. The first-order valence-corrected chi connectivity index (χ1v) is 8.12. The molecule has 2 amide bonds. The highest BCUT2D eigenvalue weighted by Gasteiger charge is 2.57. The van der Waals surface area contributed by atoms with Crippen molar-refractivity contribution >= 4 is 11.8 Å². The van der Waals surface area contributed by atoms with Crippen LogP contribution in [0.1, 0.15) is 70.6 Å². The van der Waals surface area contributed by atoms with Gasteiger partial charge >= 0.3 is 0 Å². The van der Waals surface area contributed by atoms with E-state index in [2.05, 4.69) is 0 Å².